The molecule has 1 atom stereocenters. The zero-order chi connectivity index (χ0) is 14.1. The first-order valence-electron chi connectivity index (χ1n) is 6.73. The molecule has 0 saturated heterocycles. The van der Waals surface area contributed by atoms with Gasteiger partial charge in [-0.3, -0.25) is 4.79 Å². The van der Waals surface area contributed by atoms with Crippen molar-refractivity contribution >= 4 is 17.6 Å². The fraction of sp³-hybridized carbons (Fsp3) is 0.533. The number of halogens is 1. The Morgan fingerprint density at radius 2 is 2.05 bits per heavy atom. The Hall–Kier alpha value is -1.06. The van der Waals surface area contributed by atoms with E-state index in [2.05, 4.69) is 12.2 Å². The first-order chi connectivity index (χ1) is 9.17. The Kier molecular flexibility index (Phi) is 7.53. The third-order valence-corrected chi connectivity index (χ3v) is 3.30. The Balaban J connectivity index is 2.38. The van der Waals surface area contributed by atoms with Gasteiger partial charge in [0.2, 0.25) is 0 Å². The lowest BCUT2D eigenvalue weighted by Crippen LogP contribution is -2.38. The number of rotatable bonds is 8. The minimum atomic E-state index is -0.197. The van der Waals surface area contributed by atoms with Crippen LogP contribution in [0.2, 0.25) is 5.02 Å². The average molecular weight is 284 g/mol. The molecule has 0 aliphatic heterocycles. The second kappa shape index (κ2) is 8.94. The molecule has 0 radical (unpaired) electrons. The molecule has 0 bridgehead atoms. The van der Waals surface area contributed by atoms with Crippen LogP contribution in [0.15, 0.2) is 24.3 Å². The lowest BCUT2D eigenvalue weighted by atomic mass is 10.1. The molecule has 1 unspecified atom stereocenters. The monoisotopic (exact) mass is 283 g/mol. The van der Waals surface area contributed by atoms with Gasteiger partial charge in [-0.25, -0.2) is 0 Å². The van der Waals surface area contributed by atoms with Gasteiger partial charge < -0.3 is 10.1 Å². The number of hydrogen-bond donors (Lipinski definition) is 1. The van der Waals surface area contributed by atoms with Crippen LogP contribution in [0.5, 0.6) is 0 Å². The molecule has 19 heavy (non-hydrogen) atoms. The molecule has 1 N–H and O–H groups in total. The van der Waals surface area contributed by atoms with Gasteiger partial charge in [0.15, 0.2) is 0 Å². The number of nitrogens with one attached hydrogen (secondary N) is 1. The van der Waals surface area contributed by atoms with E-state index in [1.165, 1.54) is 12.7 Å². The number of methoxy groups -OCH3 is 1. The summed E-state index contributed by atoms with van der Waals surface area (Å²) in [5.41, 5.74) is 1.20. The van der Waals surface area contributed by atoms with E-state index in [0.29, 0.717) is 0 Å². The number of hydrogen-bond acceptors (Lipinski definition) is 3. The third kappa shape index (κ3) is 6.08. The summed E-state index contributed by atoms with van der Waals surface area (Å²) in [6.07, 6.45) is 3.79. The van der Waals surface area contributed by atoms with Gasteiger partial charge in [-0.15, -0.1) is 0 Å². The van der Waals surface area contributed by atoms with Crippen molar-refractivity contribution in [3.05, 3.63) is 34.9 Å². The van der Waals surface area contributed by atoms with Gasteiger partial charge in [-0.05, 0) is 37.1 Å². The summed E-state index contributed by atoms with van der Waals surface area (Å²) in [4.78, 5) is 11.6. The highest BCUT2D eigenvalue weighted by Gasteiger charge is 2.17. The summed E-state index contributed by atoms with van der Waals surface area (Å²) in [7, 11) is 1.43. The SMILES string of the molecule is CCCCC(NCCc1ccc(Cl)cc1)C(=O)OC. The average Bonchev–Trinajstić information content (AvgIpc) is 2.43. The van der Waals surface area contributed by atoms with E-state index in [9.17, 15) is 4.79 Å². The van der Waals surface area contributed by atoms with Crippen LogP contribution in [0.25, 0.3) is 0 Å². The molecule has 1 aromatic rings. The fourth-order valence-electron chi connectivity index (χ4n) is 1.90. The molecular weight excluding hydrogens is 262 g/mol. The van der Waals surface area contributed by atoms with Crippen molar-refractivity contribution in [2.24, 2.45) is 0 Å². The van der Waals surface area contributed by atoms with Gasteiger partial charge in [0.1, 0.15) is 6.04 Å². The van der Waals surface area contributed by atoms with Crippen molar-refractivity contribution in [1.29, 1.82) is 0 Å². The van der Waals surface area contributed by atoms with Gasteiger partial charge in [0.25, 0.3) is 0 Å². The first-order valence-corrected chi connectivity index (χ1v) is 7.10. The Morgan fingerprint density at radius 3 is 2.63 bits per heavy atom. The van der Waals surface area contributed by atoms with E-state index in [1.54, 1.807) is 0 Å². The zero-order valence-electron chi connectivity index (χ0n) is 11.6. The molecule has 0 saturated carbocycles. The van der Waals surface area contributed by atoms with Gasteiger partial charge in [-0.1, -0.05) is 43.5 Å². The maximum absolute atomic E-state index is 11.6. The van der Waals surface area contributed by atoms with Crippen LogP contribution < -0.4 is 5.32 Å². The second-order valence-electron chi connectivity index (χ2n) is 4.55. The van der Waals surface area contributed by atoms with Crippen LogP contribution in [0.3, 0.4) is 0 Å². The summed E-state index contributed by atoms with van der Waals surface area (Å²) >= 11 is 5.84. The van der Waals surface area contributed by atoms with E-state index in [1.807, 2.05) is 24.3 Å². The van der Waals surface area contributed by atoms with Crippen molar-refractivity contribution in [3.8, 4) is 0 Å². The maximum atomic E-state index is 11.6. The highest BCUT2D eigenvalue weighted by Crippen LogP contribution is 2.10. The lowest BCUT2D eigenvalue weighted by Gasteiger charge is -2.16. The van der Waals surface area contributed by atoms with Crippen molar-refractivity contribution in [2.45, 2.75) is 38.6 Å². The molecule has 3 nitrogen and oxygen atoms in total. The van der Waals surface area contributed by atoms with Crippen LogP contribution in [0, 0.1) is 0 Å². The second-order valence-corrected chi connectivity index (χ2v) is 4.99. The van der Waals surface area contributed by atoms with Crippen LogP contribution in [0.1, 0.15) is 31.7 Å². The van der Waals surface area contributed by atoms with Crippen molar-refractivity contribution in [2.75, 3.05) is 13.7 Å². The van der Waals surface area contributed by atoms with E-state index in [4.69, 9.17) is 16.3 Å². The predicted octanol–water partition coefficient (Wildman–Crippen LogP) is 3.20. The summed E-state index contributed by atoms with van der Waals surface area (Å²) < 4.78 is 4.81. The Morgan fingerprint density at radius 1 is 1.37 bits per heavy atom. The lowest BCUT2D eigenvalue weighted by molar-refractivity contribution is -0.143. The van der Waals surface area contributed by atoms with Crippen molar-refractivity contribution in [1.82, 2.24) is 5.32 Å². The van der Waals surface area contributed by atoms with Crippen molar-refractivity contribution in [3.63, 3.8) is 0 Å². The summed E-state index contributed by atoms with van der Waals surface area (Å²) in [6.45, 7) is 2.87. The van der Waals surface area contributed by atoms with Gasteiger partial charge in [-0.2, -0.15) is 0 Å². The van der Waals surface area contributed by atoms with Gasteiger partial charge >= 0.3 is 5.97 Å². The highest BCUT2D eigenvalue weighted by molar-refractivity contribution is 6.30. The maximum Gasteiger partial charge on any atom is 0.322 e. The molecule has 0 aliphatic rings. The van der Waals surface area contributed by atoms with Crippen molar-refractivity contribution < 1.29 is 9.53 Å². The Bertz CT molecular complexity index is 378. The van der Waals surface area contributed by atoms with Gasteiger partial charge in [0.05, 0.1) is 7.11 Å². The molecule has 0 spiro atoms. The highest BCUT2D eigenvalue weighted by atomic mass is 35.5. The number of unbranched alkanes of at least 4 members (excludes halogenated alkanes) is 1. The number of carbonyl (C=O) groups is 1. The molecule has 1 rings (SSSR count). The topological polar surface area (TPSA) is 38.3 Å². The summed E-state index contributed by atoms with van der Waals surface area (Å²) in [6, 6.07) is 7.57. The van der Waals surface area contributed by atoms with Gasteiger partial charge in [0, 0.05) is 5.02 Å². The minimum absolute atomic E-state index is 0.176. The quantitative estimate of drug-likeness (QED) is 0.745. The van der Waals surface area contributed by atoms with E-state index >= 15 is 0 Å². The summed E-state index contributed by atoms with van der Waals surface area (Å²) in [5, 5.41) is 4.00. The van der Waals surface area contributed by atoms with E-state index < -0.39 is 0 Å². The fourth-order valence-corrected chi connectivity index (χ4v) is 2.02. The summed E-state index contributed by atoms with van der Waals surface area (Å²) in [5.74, 6) is -0.176. The van der Waals surface area contributed by atoms with Crippen LogP contribution in [-0.4, -0.2) is 25.7 Å². The van der Waals surface area contributed by atoms with Crippen LogP contribution in [-0.2, 0) is 16.0 Å². The predicted molar refractivity (Wildman–Crippen MR) is 78.5 cm³/mol. The zero-order valence-corrected chi connectivity index (χ0v) is 12.4. The molecule has 0 amide bonds. The molecule has 0 aliphatic carbocycles. The number of ether oxygens (including phenoxy) is 1. The standard InChI is InChI=1S/C15H22ClNO2/c1-3-4-5-14(15(18)19-2)17-11-10-12-6-8-13(16)9-7-12/h6-9,14,17H,3-5,10-11H2,1-2H3. The molecule has 106 valence electrons. The van der Waals surface area contributed by atoms with Crippen LogP contribution >= 0.6 is 11.6 Å². The molecule has 1 aromatic carbocycles. The molecule has 0 aromatic heterocycles. The van der Waals surface area contributed by atoms with E-state index in [0.717, 1.165) is 37.3 Å². The number of benzene rings is 1. The largest absolute Gasteiger partial charge is 0.468 e. The first kappa shape index (κ1) is 16.0. The number of esters is 1. The normalized spacial score (nSPS) is 12.2. The number of carbonyl (C=O) groups excluding carboxylic acids is 1. The van der Waals surface area contributed by atoms with Crippen LogP contribution in [0.4, 0.5) is 0 Å². The minimum Gasteiger partial charge on any atom is -0.468 e. The molecule has 4 heteroatoms. The molecular formula is C15H22ClNO2. The smallest absolute Gasteiger partial charge is 0.322 e. The van der Waals surface area contributed by atoms with E-state index in [-0.39, 0.29) is 12.0 Å². The Labute approximate surface area is 120 Å². The molecule has 0 fully saturated rings. The molecule has 0 heterocycles. The third-order valence-electron chi connectivity index (χ3n) is 3.05.